The lowest BCUT2D eigenvalue weighted by Gasteiger charge is -2.15. The van der Waals surface area contributed by atoms with Gasteiger partial charge in [-0.3, -0.25) is 0 Å². The van der Waals surface area contributed by atoms with Gasteiger partial charge >= 0.3 is 0 Å². The predicted octanol–water partition coefficient (Wildman–Crippen LogP) is 4.11. The summed E-state index contributed by atoms with van der Waals surface area (Å²) in [6.45, 7) is 5.31. The fraction of sp³-hybridized carbons (Fsp3) is 0.600. The number of benzene rings is 1. The van der Waals surface area contributed by atoms with E-state index in [0.29, 0.717) is 5.92 Å². The van der Waals surface area contributed by atoms with Crippen molar-refractivity contribution in [3.63, 3.8) is 0 Å². The van der Waals surface area contributed by atoms with Crippen LogP contribution in [0.5, 0.6) is 5.75 Å². The van der Waals surface area contributed by atoms with Crippen LogP contribution in [0.2, 0.25) is 0 Å². The molecule has 0 spiro atoms. The van der Waals surface area contributed by atoms with Crippen LogP contribution in [0.1, 0.15) is 51.0 Å². The molecule has 0 aromatic heterocycles. The van der Waals surface area contributed by atoms with Crippen LogP contribution in [0.4, 0.5) is 0 Å². The third-order valence-corrected chi connectivity index (χ3v) is 3.49. The zero-order valence-electron chi connectivity index (χ0n) is 10.8. The maximum atomic E-state index is 5.76. The van der Waals surface area contributed by atoms with Crippen LogP contribution >= 0.6 is 0 Å². The molecule has 17 heavy (non-hydrogen) atoms. The third kappa shape index (κ3) is 3.22. The number of ether oxygens (including phenoxy) is 2. The fourth-order valence-electron chi connectivity index (χ4n) is 2.37. The molecule has 1 saturated heterocycles. The van der Waals surface area contributed by atoms with E-state index in [4.69, 9.17) is 9.47 Å². The molecule has 0 saturated carbocycles. The standard InChI is InChI=1S/C15H22O2/c1-3-12(4-2)13-7-9-14(10-8-13)17-15-6-5-11-16-15/h7-10,12,15H,3-6,11H2,1-2H3. The van der Waals surface area contributed by atoms with E-state index >= 15 is 0 Å². The second-order valence-electron chi connectivity index (χ2n) is 4.64. The van der Waals surface area contributed by atoms with Gasteiger partial charge < -0.3 is 9.47 Å². The van der Waals surface area contributed by atoms with E-state index in [-0.39, 0.29) is 6.29 Å². The first-order valence-corrected chi connectivity index (χ1v) is 6.71. The molecule has 2 heteroatoms. The van der Waals surface area contributed by atoms with E-state index in [1.54, 1.807) is 0 Å². The minimum atomic E-state index is -0.0333. The molecule has 1 fully saturated rings. The van der Waals surface area contributed by atoms with E-state index in [9.17, 15) is 0 Å². The highest BCUT2D eigenvalue weighted by Crippen LogP contribution is 2.26. The van der Waals surface area contributed by atoms with E-state index in [1.807, 2.05) is 0 Å². The van der Waals surface area contributed by atoms with Gasteiger partial charge in [0.1, 0.15) is 5.75 Å². The van der Waals surface area contributed by atoms with Gasteiger partial charge in [-0.15, -0.1) is 0 Å². The molecule has 2 rings (SSSR count). The van der Waals surface area contributed by atoms with Crippen molar-refractivity contribution < 1.29 is 9.47 Å². The molecule has 2 nitrogen and oxygen atoms in total. The quantitative estimate of drug-likeness (QED) is 0.763. The van der Waals surface area contributed by atoms with Gasteiger partial charge in [-0.1, -0.05) is 26.0 Å². The smallest absolute Gasteiger partial charge is 0.199 e. The van der Waals surface area contributed by atoms with Crippen molar-refractivity contribution in [1.29, 1.82) is 0 Å². The maximum Gasteiger partial charge on any atom is 0.199 e. The highest BCUT2D eigenvalue weighted by atomic mass is 16.7. The summed E-state index contributed by atoms with van der Waals surface area (Å²) < 4.78 is 11.2. The molecule has 0 amide bonds. The Bertz CT molecular complexity index is 321. The zero-order chi connectivity index (χ0) is 12.1. The average Bonchev–Trinajstić information content (AvgIpc) is 2.86. The first-order chi connectivity index (χ1) is 8.33. The number of rotatable bonds is 5. The van der Waals surface area contributed by atoms with Gasteiger partial charge in [0.2, 0.25) is 0 Å². The Morgan fingerprint density at radius 3 is 2.47 bits per heavy atom. The van der Waals surface area contributed by atoms with Gasteiger partial charge in [0.25, 0.3) is 0 Å². The summed E-state index contributed by atoms with van der Waals surface area (Å²) in [5.41, 5.74) is 1.41. The molecule has 1 aromatic rings. The van der Waals surface area contributed by atoms with Crippen LogP contribution in [0, 0.1) is 0 Å². The van der Waals surface area contributed by atoms with Crippen molar-refractivity contribution in [2.24, 2.45) is 0 Å². The Balaban J connectivity index is 1.96. The second-order valence-corrected chi connectivity index (χ2v) is 4.64. The molecule has 94 valence electrons. The first kappa shape index (κ1) is 12.4. The Kier molecular flexibility index (Phi) is 4.43. The summed E-state index contributed by atoms with van der Waals surface area (Å²) in [7, 11) is 0. The molecule has 0 bridgehead atoms. The molecular weight excluding hydrogens is 212 g/mol. The van der Waals surface area contributed by atoms with Gasteiger partial charge in [0.05, 0.1) is 6.61 Å². The van der Waals surface area contributed by atoms with E-state index in [2.05, 4.69) is 38.1 Å². The molecule has 1 atom stereocenters. The molecular formula is C15H22O2. The largest absolute Gasteiger partial charge is 0.465 e. The molecule has 1 aromatic carbocycles. The average molecular weight is 234 g/mol. The fourth-order valence-corrected chi connectivity index (χ4v) is 2.37. The second kappa shape index (κ2) is 6.06. The SMILES string of the molecule is CCC(CC)c1ccc(OC2CCCO2)cc1. The summed E-state index contributed by atoms with van der Waals surface area (Å²) >= 11 is 0. The van der Waals surface area contributed by atoms with Crippen LogP contribution in [0.3, 0.4) is 0 Å². The Hall–Kier alpha value is -1.02. The molecule has 1 aliphatic rings. The zero-order valence-corrected chi connectivity index (χ0v) is 10.8. The molecule has 1 unspecified atom stereocenters. The topological polar surface area (TPSA) is 18.5 Å². The van der Waals surface area contributed by atoms with Crippen LogP contribution < -0.4 is 4.74 Å². The van der Waals surface area contributed by atoms with Crippen molar-refractivity contribution in [3.05, 3.63) is 29.8 Å². The Labute approximate surface area is 104 Å². The van der Waals surface area contributed by atoms with Gasteiger partial charge in [-0.05, 0) is 42.9 Å². The molecule has 0 radical (unpaired) electrons. The van der Waals surface area contributed by atoms with Gasteiger partial charge in [0.15, 0.2) is 6.29 Å². The van der Waals surface area contributed by atoms with Crippen LogP contribution in [-0.2, 0) is 4.74 Å². The summed E-state index contributed by atoms with van der Waals surface area (Å²) in [6.07, 6.45) is 4.48. The van der Waals surface area contributed by atoms with Gasteiger partial charge in [-0.25, -0.2) is 0 Å². The summed E-state index contributed by atoms with van der Waals surface area (Å²) in [6, 6.07) is 8.49. The first-order valence-electron chi connectivity index (χ1n) is 6.71. The number of hydrogen-bond acceptors (Lipinski definition) is 2. The maximum absolute atomic E-state index is 5.76. The summed E-state index contributed by atoms with van der Waals surface area (Å²) in [5, 5.41) is 0. The highest BCUT2D eigenvalue weighted by Gasteiger charge is 2.16. The van der Waals surface area contributed by atoms with Crippen molar-refractivity contribution in [2.75, 3.05) is 6.61 Å². The van der Waals surface area contributed by atoms with Crippen molar-refractivity contribution >= 4 is 0 Å². The third-order valence-electron chi connectivity index (χ3n) is 3.49. The van der Waals surface area contributed by atoms with E-state index in [1.165, 1.54) is 18.4 Å². The Morgan fingerprint density at radius 2 is 1.94 bits per heavy atom. The predicted molar refractivity (Wildman–Crippen MR) is 69.4 cm³/mol. The van der Waals surface area contributed by atoms with E-state index < -0.39 is 0 Å². The lowest BCUT2D eigenvalue weighted by Crippen LogP contribution is -2.13. The van der Waals surface area contributed by atoms with Crippen LogP contribution in [0.15, 0.2) is 24.3 Å². The van der Waals surface area contributed by atoms with Crippen molar-refractivity contribution in [2.45, 2.75) is 51.7 Å². The summed E-state index contributed by atoms with van der Waals surface area (Å²) in [4.78, 5) is 0. The van der Waals surface area contributed by atoms with E-state index in [0.717, 1.165) is 25.2 Å². The van der Waals surface area contributed by atoms with Crippen LogP contribution in [-0.4, -0.2) is 12.9 Å². The van der Waals surface area contributed by atoms with Crippen molar-refractivity contribution in [3.8, 4) is 5.75 Å². The van der Waals surface area contributed by atoms with Crippen LogP contribution in [0.25, 0.3) is 0 Å². The highest BCUT2D eigenvalue weighted by molar-refractivity contribution is 5.29. The normalized spacial score (nSPS) is 19.8. The molecule has 0 aliphatic carbocycles. The molecule has 1 heterocycles. The molecule has 0 N–H and O–H groups in total. The van der Waals surface area contributed by atoms with Gasteiger partial charge in [0, 0.05) is 6.42 Å². The Morgan fingerprint density at radius 1 is 1.24 bits per heavy atom. The van der Waals surface area contributed by atoms with Gasteiger partial charge in [-0.2, -0.15) is 0 Å². The lowest BCUT2D eigenvalue weighted by molar-refractivity contribution is -0.0390. The monoisotopic (exact) mass is 234 g/mol. The molecule has 1 aliphatic heterocycles. The number of hydrogen-bond donors (Lipinski definition) is 0. The lowest BCUT2D eigenvalue weighted by atomic mass is 9.94. The minimum absolute atomic E-state index is 0.0333. The van der Waals surface area contributed by atoms with Crippen molar-refractivity contribution in [1.82, 2.24) is 0 Å². The minimum Gasteiger partial charge on any atom is -0.465 e. The summed E-state index contributed by atoms with van der Waals surface area (Å²) in [5.74, 6) is 1.60.